The van der Waals surface area contributed by atoms with Crippen LogP contribution in [0.25, 0.3) is 0 Å². The summed E-state index contributed by atoms with van der Waals surface area (Å²) in [5.41, 5.74) is 1.12. The molecule has 0 spiro atoms. The van der Waals surface area contributed by atoms with Gasteiger partial charge in [0, 0.05) is 38.8 Å². The van der Waals surface area contributed by atoms with E-state index < -0.39 is 5.97 Å². The van der Waals surface area contributed by atoms with E-state index in [1.54, 1.807) is 0 Å². The third-order valence-corrected chi connectivity index (χ3v) is 3.95. The molecule has 4 nitrogen and oxygen atoms in total. The number of nitrogens with zero attached hydrogens (tertiary/aromatic N) is 2. The van der Waals surface area contributed by atoms with Gasteiger partial charge in [-0.25, -0.2) is 4.39 Å². The minimum absolute atomic E-state index is 0.202. The summed E-state index contributed by atoms with van der Waals surface area (Å²) in [6.45, 7) is 6.35. The predicted molar refractivity (Wildman–Crippen MR) is 75.1 cm³/mol. The van der Waals surface area contributed by atoms with Crippen LogP contribution >= 0.6 is 0 Å². The van der Waals surface area contributed by atoms with Gasteiger partial charge >= 0.3 is 5.97 Å². The largest absolute Gasteiger partial charge is 0.481 e. The molecule has 2 rings (SSSR count). The monoisotopic (exact) mass is 280 g/mol. The number of aliphatic carboxylic acids is 1. The van der Waals surface area contributed by atoms with Crippen molar-refractivity contribution >= 4 is 5.97 Å². The molecule has 1 aromatic carbocycles. The van der Waals surface area contributed by atoms with E-state index in [4.69, 9.17) is 5.11 Å². The molecule has 1 aliphatic rings. The molecule has 1 heterocycles. The van der Waals surface area contributed by atoms with Crippen LogP contribution in [-0.4, -0.2) is 53.6 Å². The van der Waals surface area contributed by atoms with Gasteiger partial charge in [-0.1, -0.05) is 12.1 Å². The Labute approximate surface area is 118 Å². The molecule has 1 fully saturated rings. The number of carboxylic acid groups (broad SMARTS) is 1. The molecule has 1 atom stereocenters. The van der Waals surface area contributed by atoms with E-state index in [0.29, 0.717) is 6.54 Å². The minimum atomic E-state index is -0.743. The second-order valence-electron chi connectivity index (χ2n) is 5.25. The van der Waals surface area contributed by atoms with Crippen LogP contribution < -0.4 is 0 Å². The number of benzene rings is 1. The molecule has 1 aromatic rings. The number of hydrogen-bond donors (Lipinski definition) is 1. The highest BCUT2D eigenvalue weighted by molar-refractivity contribution is 5.66. The normalized spacial score (nSPS) is 18.9. The van der Waals surface area contributed by atoms with Crippen LogP contribution in [-0.2, 0) is 4.79 Å². The van der Waals surface area contributed by atoms with E-state index in [9.17, 15) is 9.18 Å². The van der Waals surface area contributed by atoms with Crippen LogP contribution in [0.15, 0.2) is 24.3 Å². The second-order valence-corrected chi connectivity index (χ2v) is 5.25. The summed E-state index contributed by atoms with van der Waals surface area (Å²) >= 11 is 0. The van der Waals surface area contributed by atoms with Crippen LogP contribution in [0.3, 0.4) is 0 Å². The Hall–Kier alpha value is -1.46. The first-order chi connectivity index (χ1) is 9.56. The van der Waals surface area contributed by atoms with Crippen molar-refractivity contribution in [2.75, 3.05) is 32.7 Å². The molecule has 0 aromatic heterocycles. The Morgan fingerprint density at radius 2 is 1.85 bits per heavy atom. The topological polar surface area (TPSA) is 43.8 Å². The highest BCUT2D eigenvalue weighted by Crippen LogP contribution is 2.21. The zero-order valence-electron chi connectivity index (χ0n) is 11.8. The van der Waals surface area contributed by atoms with E-state index >= 15 is 0 Å². The molecule has 0 amide bonds. The van der Waals surface area contributed by atoms with E-state index in [2.05, 4.69) is 16.7 Å². The molecule has 20 heavy (non-hydrogen) atoms. The van der Waals surface area contributed by atoms with Crippen molar-refractivity contribution in [3.8, 4) is 0 Å². The van der Waals surface area contributed by atoms with Gasteiger partial charge in [-0.15, -0.1) is 0 Å². The van der Waals surface area contributed by atoms with Crippen LogP contribution in [0.4, 0.5) is 4.39 Å². The van der Waals surface area contributed by atoms with Crippen molar-refractivity contribution in [2.45, 2.75) is 19.4 Å². The summed E-state index contributed by atoms with van der Waals surface area (Å²) in [6, 6.07) is 6.91. The van der Waals surface area contributed by atoms with Crippen LogP contribution in [0.2, 0.25) is 0 Å². The number of hydrogen-bond acceptors (Lipinski definition) is 3. The number of rotatable bonds is 5. The first-order valence-corrected chi connectivity index (χ1v) is 7.00. The average molecular weight is 280 g/mol. The van der Waals surface area contributed by atoms with Crippen molar-refractivity contribution in [2.24, 2.45) is 0 Å². The summed E-state index contributed by atoms with van der Waals surface area (Å²) in [6.07, 6.45) is 0.202. The molecule has 0 bridgehead atoms. The van der Waals surface area contributed by atoms with Crippen LogP contribution in [0.5, 0.6) is 0 Å². The predicted octanol–water partition coefficient (Wildman–Crippen LogP) is 1.98. The Kier molecular flexibility index (Phi) is 5.09. The molecule has 1 saturated heterocycles. The van der Waals surface area contributed by atoms with Gasteiger partial charge in [0.05, 0.1) is 6.42 Å². The standard InChI is InChI=1S/C15H21FN2O2/c1-12(13-2-4-14(16)5-3-13)18-10-8-17(9-11-18)7-6-15(19)20/h2-5,12H,6-11H2,1H3,(H,19,20). The molecule has 1 N–H and O–H groups in total. The molecule has 0 saturated carbocycles. The fourth-order valence-electron chi connectivity index (χ4n) is 2.58. The van der Waals surface area contributed by atoms with Gasteiger partial charge in [-0.05, 0) is 24.6 Å². The Bertz CT molecular complexity index is 442. The molecular weight excluding hydrogens is 259 g/mol. The van der Waals surface area contributed by atoms with E-state index in [0.717, 1.165) is 31.7 Å². The first-order valence-electron chi connectivity index (χ1n) is 7.00. The molecule has 1 unspecified atom stereocenters. The first kappa shape index (κ1) is 14.9. The van der Waals surface area contributed by atoms with Crippen molar-refractivity contribution < 1.29 is 14.3 Å². The number of carboxylic acids is 1. The fraction of sp³-hybridized carbons (Fsp3) is 0.533. The molecule has 5 heteroatoms. The van der Waals surface area contributed by atoms with Crippen molar-refractivity contribution in [3.63, 3.8) is 0 Å². The quantitative estimate of drug-likeness (QED) is 0.895. The number of carbonyl (C=O) groups is 1. The zero-order chi connectivity index (χ0) is 14.5. The van der Waals surface area contributed by atoms with Crippen molar-refractivity contribution in [3.05, 3.63) is 35.6 Å². The zero-order valence-corrected chi connectivity index (χ0v) is 11.8. The summed E-state index contributed by atoms with van der Waals surface area (Å²) < 4.78 is 12.9. The fourth-order valence-corrected chi connectivity index (χ4v) is 2.58. The molecule has 0 radical (unpaired) electrons. The molecular formula is C15H21FN2O2. The Balaban J connectivity index is 1.83. The lowest BCUT2D eigenvalue weighted by atomic mass is 10.1. The lowest BCUT2D eigenvalue weighted by Gasteiger charge is -2.38. The van der Waals surface area contributed by atoms with Gasteiger partial charge in [0.2, 0.25) is 0 Å². The Morgan fingerprint density at radius 3 is 2.40 bits per heavy atom. The number of halogens is 1. The highest BCUT2D eigenvalue weighted by atomic mass is 19.1. The SMILES string of the molecule is CC(c1ccc(F)cc1)N1CCN(CCC(=O)O)CC1. The van der Waals surface area contributed by atoms with Gasteiger partial charge in [-0.3, -0.25) is 9.69 Å². The van der Waals surface area contributed by atoms with Gasteiger partial charge in [0.25, 0.3) is 0 Å². The maximum absolute atomic E-state index is 12.9. The average Bonchev–Trinajstić information content (AvgIpc) is 2.46. The lowest BCUT2D eigenvalue weighted by molar-refractivity contribution is -0.137. The van der Waals surface area contributed by atoms with Crippen molar-refractivity contribution in [1.29, 1.82) is 0 Å². The molecule has 1 aliphatic heterocycles. The van der Waals surface area contributed by atoms with Gasteiger partial charge in [0.1, 0.15) is 5.82 Å². The van der Waals surface area contributed by atoms with Crippen molar-refractivity contribution in [1.82, 2.24) is 9.80 Å². The third-order valence-electron chi connectivity index (χ3n) is 3.95. The number of piperazine rings is 1. The van der Waals surface area contributed by atoms with Crippen LogP contribution in [0, 0.1) is 5.82 Å². The maximum atomic E-state index is 12.9. The third kappa shape index (κ3) is 4.02. The van der Waals surface area contributed by atoms with E-state index in [1.165, 1.54) is 12.1 Å². The summed E-state index contributed by atoms with van der Waals surface area (Å²) in [5, 5.41) is 8.69. The summed E-state index contributed by atoms with van der Waals surface area (Å²) in [4.78, 5) is 15.1. The lowest BCUT2D eigenvalue weighted by Crippen LogP contribution is -2.47. The minimum Gasteiger partial charge on any atom is -0.481 e. The molecule has 110 valence electrons. The Morgan fingerprint density at radius 1 is 1.25 bits per heavy atom. The van der Waals surface area contributed by atoms with Crippen LogP contribution in [0.1, 0.15) is 24.9 Å². The van der Waals surface area contributed by atoms with Gasteiger partial charge < -0.3 is 10.0 Å². The second kappa shape index (κ2) is 6.81. The van der Waals surface area contributed by atoms with E-state index in [-0.39, 0.29) is 18.3 Å². The molecule has 0 aliphatic carbocycles. The smallest absolute Gasteiger partial charge is 0.304 e. The summed E-state index contributed by atoms with van der Waals surface area (Å²) in [7, 11) is 0. The maximum Gasteiger partial charge on any atom is 0.304 e. The highest BCUT2D eigenvalue weighted by Gasteiger charge is 2.22. The van der Waals surface area contributed by atoms with E-state index in [1.807, 2.05) is 12.1 Å². The summed E-state index contributed by atoms with van der Waals surface area (Å²) in [5.74, 6) is -0.952. The van der Waals surface area contributed by atoms with Gasteiger partial charge in [0.15, 0.2) is 0 Å². The van der Waals surface area contributed by atoms with Gasteiger partial charge in [-0.2, -0.15) is 0 Å².